The SMILES string of the molecule is Cc1nccnc1C(C)N1CC(C(=O)O)C1. The standard InChI is InChI=1S/C11H15N3O2/c1-7-10(13-4-3-12-7)8(2)14-5-9(6-14)11(15)16/h3-4,8-9H,5-6H2,1-2H3,(H,15,16). The zero-order chi connectivity index (χ0) is 11.7. The molecule has 1 N–H and O–H groups in total. The highest BCUT2D eigenvalue weighted by atomic mass is 16.4. The van der Waals surface area contributed by atoms with Crippen LogP contribution < -0.4 is 0 Å². The maximum absolute atomic E-state index is 10.7. The van der Waals surface area contributed by atoms with Crippen LogP contribution in [0.25, 0.3) is 0 Å². The van der Waals surface area contributed by atoms with Crippen molar-refractivity contribution < 1.29 is 9.90 Å². The van der Waals surface area contributed by atoms with Crippen LogP contribution in [0.3, 0.4) is 0 Å². The van der Waals surface area contributed by atoms with E-state index in [9.17, 15) is 4.79 Å². The molecule has 5 heteroatoms. The maximum Gasteiger partial charge on any atom is 0.309 e. The summed E-state index contributed by atoms with van der Waals surface area (Å²) in [7, 11) is 0. The number of carboxylic acids is 1. The van der Waals surface area contributed by atoms with Gasteiger partial charge in [0.25, 0.3) is 0 Å². The Hall–Kier alpha value is -1.49. The van der Waals surface area contributed by atoms with E-state index in [1.54, 1.807) is 12.4 Å². The van der Waals surface area contributed by atoms with Gasteiger partial charge in [0.1, 0.15) is 0 Å². The predicted octanol–water partition coefficient (Wildman–Crippen LogP) is 0.862. The molecule has 0 aliphatic carbocycles. The molecular weight excluding hydrogens is 206 g/mol. The highest BCUT2D eigenvalue weighted by Crippen LogP contribution is 2.28. The van der Waals surface area contributed by atoms with E-state index in [0.29, 0.717) is 13.1 Å². The molecule has 1 saturated heterocycles. The summed E-state index contributed by atoms with van der Waals surface area (Å²) in [6.07, 6.45) is 3.34. The zero-order valence-corrected chi connectivity index (χ0v) is 9.42. The minimum Gasteiger partial charge on any atom is -0.481 e. The third kappa shape index (κ3) is 1.90. The fourth-order valence-corrected chi connectivity index (χ4v) is 1.99. The number of aromatic nitrogens is 2. The molecule has 1 aliphatic rings. The largest absolute Gasteiger partial charge is 0.481 e. The number of hydrogen-bond donors (Lipinski definition) is 1. The van der Waals surface area contributed by atoms with Crippen molar-refractivity contribution in [2.24, 2.45) is 5.92 Å². The third-order valence-electron chi connectivity index (χ3n) is 3.12. The Morgan fingerprint density at radius 3 is 2.69 bits per heavy atom. The monoisotopic (exact) mass is 221 g/mol. The van der Waals surface area contributed by atoms with Gasteiger partial charge in [-0.25, -0.2) is 0 Å². The van der Waals surface area contributed by atoms with E-state index in [1.807, 2.05) is 13.8 Å². The van der Waals surface area contributed by atoms with E-state index in [1.165, 1.54) is 0 Å². The molecule has 0 amide bonds. The van der Waals surface area contributed by atoms with Crippen molar-refractivity contribution in [3.63, 3.8) is 0 Å². The Balaban J connectivity index is 2.03. The highest BCUT2D eigenvalue weighted by Gasteiger charge is 2.36. The van der Waals surface area contributed by atoms with Gasteiger partial charge in [-0.1, -0.05) is 0 Å². The van der Waals surface area contributed by atoms with E-state index in [2.05, 4.69) is 14.9 Å². The van der Waals surface area contributed by atoms with E-state index in [-0.39, 0.29) is 12.0 Å². The second kappa shape index (κ2) is 4.17. The summed E-state index contributed by atoms with van der Waals surface area (Å²) in [6.45, 7) is 5.17. The quantitative estimate of drug-likeness (QED) is 0.820. The fraction of sp³-hybridized carbons (Fsp3) is 0.545. The van der Waals surface area contributed by atoms with Gasteiger partial charge in [-0.05, 0) is 13.8 Å². The molecule has 1 aliphatic heterocycles. The minimum absolute atomic E-state index is 0.143. The van der Waals surface area contributed by atoms with Crippen LogP contribution in [0.2, 0.25) is 0 Å². The van der Waals surface area contributed by atoms with E-state index in [4.69, 9.17) is 5.11 Å². The molecular formula is C11H15N3O2. The molecule has 1 fully saturated rings. The number of rotatable bonds is 3. The summed E-state index contributed by atoms with van der Waals surface area (Å²) in [5, 5.41) is 8.80. The number of likely N-dealkylation sites (tertiary alicyclic amines) is 1. The average Bonchev–Trinajstić information content (AvgIpc) is 2.15. The van der Waals surface area contributed by atoms with E-state index in [0.717, 1.165) is 11.4 Å². The van der Waals surface area contributed by atoms with Gasteiger partial charge in [-0.2, -0.15) is 0 Å². The van der Waals surface area contributed by atoms with Gasteiger partial charge in [0.15, 0.2) is 0 Å². The smallest absolute Gasteiger partial charge is 0.309 e. The lowest BCUT2D eigenvalue weighted by Crippen LogP contribution is -2.51. The molecule has 1 aromatic heterocycles. The van der Waals surface area contributed by atoms with Crippen molar-refractivity contribution >= 4 is 5.97 Å². The summed E-state index contributed by atoms with van der Waals surface area (Å²) >= 11 is 0. The fourth-order valence-electron chi connectivity index (χ4n) is 1.99. The zero-order valence-electron chi connectivity index (χ0n) is 9.42. The van der Waals surface area contributed by atoms with Crippen LogP contribution in [0.4, 0.5) is 0 Å². The Bertz CT molecular complexity index is 402. The Morgan fingerprint density at radius 1 is 1.50 bits per heavy atom. The van der Waals surface area contributed by atoms with E-state index >= 15 is 0 Å². The van der Waals surface area contributed by atoms with Gasteiger partial charge in [-0.15, -0.1) is 0 Å². The van der Waals surface area contributed by atoms with Crippen molar-refractivity contribution in [3.05, 3.63) is 23.8 Å². The number of aryl methyl sites for hydroxylation is 1. The molecule has 86 valence electrons. The van der Waals surface area contributed by atoms with Crippen LogP contribution >= 0.6 is 0 Å². The summed E-state index contributed by atoms with van der Waals surface area (Å²) in [6, 6.07) is 0.143. The molecule has 16 heavy (non-hydrogen) atoms. The number of hydrogen-bond acceptors (Lipinski definition) is 4. The van der Waals surface area contributed by atoms with Crippen molar-refractivity contribution in [2.75, 3.05) is 13.1 Å². The van der Waals surface area contributed by atoms with Crippen LogP contribution in [0.1, 0.15) is 24.4 Å². The van der Waals surface area contributed by atoms with Crippen molar-refractivity contribution in [1.82, 2.24) is 14.9 Å². The Labute approximate surface area is 94.1 Å². The third-order valence-corrected chi connectivity index (χ3v) is 3.12. The molecule has 0 bridgehead atoms. The Kier molecular flexibility index (Phi) is 2.87. The van der Waals surface area contributed by atoms with E-state index < -0.39 is 5.97 Å². The Morgan fingerprint density at radius 2 is 2.12 bits per heavy atom. The molecule has 1 unspecified atom stereocenters. The van der Waals surface area contributed by atoms with Crippen molar-refractivity contribution in [1.29, 1.82) is 0 Å². The first-order chi connectivity index (χ1) is 7.59. The maximum atomic E-state index is 10.7. The van der Waals surface area contributed by atoms with Crippen molar-refractivity contribution in [2.45, 2.75) is 19.9 Å². The van der Waals surface area contributed by atoms with Gasteiger partial charge in [0, 0.05) is 25.5 Å². The second-order valence-corrected chi connectivity index (χ2v) is 4.19. The predicted molar refractivity (Wildman–Crippen MR) is 57.9 cm³/mol. The topological polar surface area (TPSA) is 66.3 Å². The molecule has 0 radical (unpaired) electrons. The first kappa shape index (κ1) is 11.0. The van der Waals surface area contributed by atoms with Crippen LogP contribution in [0.15, 0.2) is 12.4 Å². The number of aliphatic carboxylic acids is 1. The van der Waals surface area contributed by atoms with Crippen LogP contribution in [-0.2, 0) is 4.79 Å². The number of carbonyl (C=O) groups is 1. The van der Waals surface area contributed by atoms with Crippen molar-refractivity contribution in [3.8, 4) is 0 Å². The molecule has 5 nitrogen and oxygen atoms in total. The van der Waals surface area contributed by atoms with Gasteiger partial charge >= 0.3 is 5.97 Å². The van der Waals surface area contributed by atoms with Crippen LogP contribution in [0, 0.1) is 12.8 Å². The first-order valence-electron chi connectivity index (χ1n) is 5.34. The highest BCUT2D eigenvalue weighted by molar-refractivity contribution is 5.71. The summed E-state index contributed by atoms with van der Waals surface area (Å²) < 4.78 is 0. The molecule has 1 aromatic rings. The number of carboxylic acid groups (broad SMARTS) is 1. The average molecular weight is 221 g/mol. The van der Waals surface area contributed by atoms with Crippen LogP contribution in [0.5, 0.6) is 0 Å². The van der Waals surface area contributed by atoms with Gasteiger partial charge in [0.05, 0.1) is 23.3 Å². The summed E-state index contributed by atoms with van der Waals surface area (Å²) in [5.41, 5.74) is 1.85. The molecule has 2 heterocycles. The lowest BCUT2D eigenvalue weighted by Gasteiger charge is -2.40. The molecule has 0 spiro atoms. The van der Waals surface area contributed by atoms with Gasteiger partial charge < -0.3 is 5.11 Å². The lowest BCUT2D eigenvalue weighted by molar-refractivity contribution is -0.148. The molecule has 0 saturated carbocycles. The first-order valence-corrected chi connectivity index (χ1v) is 5.34. The summed E-state index contributed by atoms with van der Waals surface area (Å²) in [4.78, 5) is 21.3. The molecule has 0 aromatic carbocycles. The van der Waals surface area contributed by atoms with Crippen LogP contribution in [-0.4, -0.2) is 39.0 Å². The van der Waals surface area contributed by atoms with Gasteiger partial charge in [-0.3, -0.25) is 19.7 Å². The normalized spacial score (nSPS) is 19.1. The lowest BCUT2D eigenvalue weighted by atomic mass is 9.97. The summed E-state index contributed by atoms with van der Waals surface area (Å²) in [5.74, 6) is -0.932. The minimum atomic E-state index is -0.709. The second-order valence-electron chi connectivity index (χ2n) is 4.19. The molecule has 2 rings (SSSR count). The van der Waals surface area contributed by atoms with Gasteiger partial charge in [0.2, 0.25) is 0 Å². The number of nitrogens with zero attached hydrogens (tertiary/aromatic N) is 3. The molecule has 1 atom stereocenters.